The molecule has 2 heterocycles. The molecule has 0 atom stereocenters. The third-order valence-corrected chi connectivity index (χ3v) is 3.63. The van der Waals surface area contributed by atoms with Gasteiger partial charge >= 0.3 is 0 Å². The summed E-state index contributed by atoms with van der Waals surface area (Å²) in [7, 11) is 0. The molecule has 0 aliphatic heterocycles. The van der Waals surface area contributed by atoms with Gasteiger partial charge in [0.15, 0.2) is 5.75 Å². The normalized spacial score (nSPS) is 10.8. The highest BCUT2D eigenvalue weighted by atomic mass is 79.9. The molecule has 21 heavy (non-hydrogen) atoms. The van der Waals surface area contributed by atoms with Gasteiger partial charge in [0.25, 0.3) is 0 Å². The molecule has 0 spiro atoms. The highest BCUT2D eigenvalue weighted by Crippen LogP contribution is 2.28. The zero-order valence-electron chi connectivity index (χ0n) is 11.7. The number of rotatable bonds is 4. The summed E-state index contributed by atoms with van der Waals surface area (Å²) in [5.74, 6) is 1.53. The summed E-state index contributed by atoms with van der Waals surface area (Å²) in [6.07, 6.45) is 5.72. The van der Waals surface area contributed by atoms with E-state index in [4.69, 9.17) is 4.74 Å². The number of hydrogen-bond acceptors (Lipinski definition) is 3. The van der Waals surface area contributed by atoms with Gasteiger partial charge in [-0.2, -0.15) is 0 Å². The highest BCUT2D eigenvalue weighted by molar-refractivity contribution is 9.10. The number of hydrogen-bond donors (Lipinski definition) is 0. The van der Waals surface area contributed by atoms with Crippen molar-refractivity contribution in [3.8, 4) is 11.5 Å². The maximum absolute atomic E-state index is 5.95. The maximum atomic E-state index is 5.95. The number of fused-ring (bicyclic) bond motifs is 1. The molecule has 2 aromatic heterocycles. The van der Waals surface area contributed by atoms with Gasteiger partial charge in [0.05, 0.1) is 5.52 Å². The van der Waals surface area contributed by atoms with E-state index in [1.54, 1.807) is 12.4 Å². The van der Waals surface area contributed by atoms with E-state index in [0.717, 1.165) is 39.8 Å². The Morgan fingerprint density at radius 2 is 1.90 bits per heavy atom. The summed E-state index contributed by atoms with van der Waals surface area (Å²) >= 11 is 3.40. The molecule has 0 bridgehead atoms. The van der Waals surface area contributed by atoms with Crippen LogP contribution in [0.5, 0.6) is 11.5 Å². The van der Waals surface area contributed by atoms with Crippen molar-refractivity contribution in [2.24, 2.45) is 0 Å². The van der Waals surface area contributed by atoms with Gasteiger partial charge in [-0.3, -0.25) is 4.98 Å². The lowest BCUT2D eigenvalue weighted by Crippen LogP contribution is -1.90. The molecule has 1 aromatic carbocycles. The van der Waals surface area contributed by atoms with E-state index < -0.39 is 0 Å². The molecule has 0 aliphatic carbocycles. The summed E-state index contributed by atoms with van der Waals surface area (Å²) in [6.45, 7) is 2.18. The van der Waals surface area contributed by atoms with E-state index in [1.807, 2.05) is 24.3 Å². The smallest absolute Gasteiger partial charge is 0.156 e. The second-order valence-electron chi connectivity index (χ2n) is 4.83. The van der Waals surface area contributed by atoms with Crippen LogP contribution in [0.2, 0.25) is 0 Å². The zero-order chi connectivity index (χ0) is 14.7. The maximum Gasteiger partial charge on any atom is 0.156 e. The molecule has 0 fully saturated rings. The molecule has 3 rings (SSSR count). The van der Waals surface area contributed by atoms with E-state index in [-0.39, 0.29) is 0 Å². The van der Waals surface area contributed by atoms with Gasteiger partial charge in [0.2, 0.25) is 0 Å². The molecule has 0 radical (unpaired) electrons. The van der Waals surface area contributed by atoms with Gasteiger partial charge in [-0.05, 0) is 46.1 Å². The van der Waals surface area contributed by atoms with Crippen LogP contribution in [-0.4, -0.2) is 9.97 Å². The predicted octanol–water partition coefficient (Wildman–Crippen LogP) is 5.14. The zero-order valence-corrected chi connectivity index (χ0v) is 13.3. The van der Waals surface area contributed by atoms with Crippen LogP contribution in [0, 0.1) is 0 Å². The topological polar surface area (TPSA) is 35.0 Å². The average Bonchev–Trinajstić information content (AvgIpc) is 2.49. The monoisotopic (exact) mass is 342 g/mol. The standard InChI is InChI=1S/C17H15BrN2O/c1-2-3-12-4-6-14(7-5-12)21-16-8-9-19-15-10-13(18)11-20-17(15)16/h4-11H,2-3H2,1H3. The fraction of sp³-hybridized carbons (Fsp3) is 0.176. The van der Waals surface area contributed by atoms with Gasteiger partial charge in [-0.25, -0.2) is 4.98 Å². The van der Waals surface area contributed by atoms with Crippen LogP contribution in [0.1, 0.15) is 18.9 Å². The largest absolute Gasteiger partial charge is 0.455 e. The van der Waals surface area contributed by atoms with Gasteiger partial charge in [0, 0.05) is 22.9 Å². The van der Waals surface area contributed by atoms with Crippen molar-refractivity contribution in [3.63, 3.8) is 0 Å². The van der Waals surface area contributed by atoms with Crippen molar-refractivity contribution in [1.82, 2.24) is 9.97 Å². The first-order chi connectivity index (χ1) is 10.3. The molecule has 0 aliphatic rings. The van der Waals surface area contributed by atoms with E-state index in [1.165, 1.54) is 5.56 Å². The van der Waals surface area contributed by atoms with Gasteiger partial charge < -0.3 is 4.74 Å². The molecule has 0 saturated heterocycles. The number of ether oxygens (including phenoxy) is 1. The van der Waals surface area contributed by atoms with Crippen molar-refractivity contribution in [2.45, 2.75) is 19.8 Å². The first-order valence-corrected chi connectivity index (χ1v) is 7.72. The summed E-state index contributed by atoms with van der Waals surface area (Å²) in [5, 5.41) is 0. The molecule has 0 saturated carbocycles. The average molecular weight is 343 g/mol. The third-order valence-electron chi connectivity index (χ3n) is 3.20. The quantitative estimate of drug-likeness (QED) is 0.658. The van der Waals surface area contributed by atoms with Crippen molar-refractivity contribution < 1.29 is 4.74 Å². The summed E-state index contributed by atoms with van der Waals surface area (Å²) in [6, 6.07) is 12.0. The molecule has 0 unspecified atom stereocenters. The van der Waals surface area contributed by atoms with E-state index in [0.29, 0.717) is 0 Å². The fourth-order valence-corrected chi connectivity index (χ4v) is 2.52. The fourth-order valence-electron chi connectivity index (χ4n) is 2.20. The molecular formula is C17H15BrN2O. The van der Waals surface area contributed by atoms with Gasteiger partial charge in [-0.1, -0.05) is 25.5 Å². The molecule has 3 aromatic rings. The summed E-state index contributed by atoms with van der Waals surface area (Å²) in [5.41, 5.74) is 2.90. The molecule has 0 amide bonds. The molecule has 3 nitrogen and oxygen atoms in total. The Morgan fingerprint density at radius 1 is 1.10 bits per heavy atom. The predicted molar refractivity (Wildman–Crippen MR) is 87.7 cm³/mol. The number of halogens is 1. The number of pyridine rings is 2. The molecule has 106 valence electrons. The molecule has 4 heteroatoms. The van der Waals surface area contributed by atoms with Crippen LogP contribution >= 0.6 is 15.9 Å². The second-order valence-corrected chi connectivity index (χ2v) is 5.74. The minimum absolute atomic E-state index is 0.718. The van der Waals surface area contributed by atoms with Crippen LogP contribution in [0.15, 0.2) is 53.3 Å². The summed E-state index contributed by atoms with van der Waals surface area (Å²) < 4.78 is 6.85. The minimum atomic E-state index is 0.718. The molecular weight excluding hydrogens is 328 g/mol. The lowest BCUT2D eigenvalue weighted by molar-refractivity contribution is 0.486. The minimum Gasteiger partial charge on any atom is -0.455 e. The number of benzene rings is 1. The summed E-state index contributed by atoms with van der Waals surface area (Å²) in [4.78, 5) is 8.70. The number of aryl methyl sites for hydroxylation is 1. The Morgan fingerprint density at radius 3 is 2.67 bits per heavy atom. The Bertz CT molecular complexity index is 756. The van der Waals surface area contributed by atoms with Gasteiger partial charge in [-0.15, -0.1) is 0 Å². The lowest BCUT2D eigenvalue weighted by atomic mass is 10.1. The Balaban J connectivity index is 1.90. The second kappa shape index (κ2) is 6.22. The Kier molecular flexibility index (Phi) is 4.15. The van der Waals surface area contributed by atoms with Crippen molar-refractivity contribution in [2.75, 3.05) is 0 Å². The lowest BCUT2D eigenvalue weighted by Gasteiger charge is -2.08. The van der Waals surface area contributed by atoms with Crippen LogP contribution in [0.4, 0.5) is 0 Å². The first-order valence-electron chi connectivity index (χ1n) is 6.93. The van der Waals surface area contributed by atoms with E-state index in [2.05, 4.69) is 45.0 Å². The first kappa shape index (κ1) is 14.0. The number of nitrogens with zero attached hydrogens (tertiary/aromatic N) is 2. The van der Waals surface area contributed by atoms with Crippen LogP contribution in [0.25, 0.3) is 11.0 Å². The SMILES string of the molecule is CCCc1ccc(Oc2ccnc3cc(Br)cnc23)cc1. The van der Waals surface area contributed by atoms with Crippen LogP contribution in [-0.2, 0) is 6.42 Å². The van der Waals surface area contributed by atoms with Crippen LogP contribution < -0.4 is 4.74 Å². The Hall–Kier alpha value is -1.94. The number of aromatic nitrogens is 2. The van der Waals surface area contributed by atoms with Crippen molar-refractivity contribution in [1.29, 1.82) is 0 Å². The van der Waals surface area contributed by atoms with E-state index >= 15 is 0 Å². The van der Waals surface area contributed by atoms with Gasteiger partial charge in [0.1, 0.15) is 11.3 Å². The van der Waals surface area contributed by atoms with Crippen molar-refractivity contribution >= 4 is 27.0 Å². The molecule has 0 N–H and O–H groups in total. The van der Waals surface area contributed by atoms with Crippen LogP contribution in [0.3, 0.4) is 0 Å². The Labute approximate surface area is 132 Å². The van der Waals surface area contributed by atoms with Crippen molar-refractivity contribution in [3.05, 3.63) is 58.8 Å². The third kappa shape index (κ3) is 3.22. The van der Waals surface area contributed by atoms with E-state index in [9.17, 15) is 0 Å². The highest BCUT2D eigenvalue weighted by Gasteiger charge is 2.06.